The van der Waals surface area contributed by atoms with Crippen LogP contribution in [0.15, 0.2) is 0 Å². The molecule has 92 valence electrons. The van der Waals surface area contributed by atoms with Gasteiger partial charge in [0.15, 0.2) is 5.78 Å². The summed E-state index contributed by atoms with van der Waals surface area (Å²) in [6, 6.07) is 0. The average Bonchev–Trinajstić information content (AvgIpc) is 2.82. The molecule has 0 aliphatic heterocycles. The molecule has 2 fully saturated rings. The first-order chi connectivity index (χ1) is 7.67. The normalized spacial score (nSPS) is 26.2. The zero-order chi connectivity index (χ0) is 11.6. The fourth-order valence-electron chi connectivity index (χ4n) is 3.62. The highest BCUT2D eigenvalue weighted by molar-refractivity contribution is 5.90. The molecule has 0 aromatic heterocycles. The molecule has 0 atom stereocenters. The third-order valence-electron chi connectivity index (χ3n) is 4.72. The van der Waals surface area contributed by atoms with Gasteiger partial charge in [-0.1, -0.05) is 32.1 Å². The highest BCUT2D eigenvalue weighted by atomic mass is 16.1. The van der Waals surface area contributed by atoms with Gasteiger partial charge in [0.1, 0.15) is 0 Å². The molecule has 2 saturated carbocycles. The summed E-state index contributed by atoms with van der Waals surface area (Å²) in [6.07, 6.45) is 10.8. The summed E-state index contributed by atoms with van der Waals surface area (Å²) in [5.41, 5.74) is -0.104. The van der Waals surface area contributed by atoms with Gasteiger partial charge in [-0.05, 0) is 39.8 Å². The van der Waals surface area contributed by atoms with Crippen molar-refractivity contribution in [1.29, 1.82) is 0 Å². The van der Waals surface area contributed by atoms with Gasteiger partial charge in [-0.3, -0.25) is 9.69 Å². The predicted molar refractivity (Wildman–Crippen MR) is 66.5 cm³/mol. The summed E-state index contributed by atoms with van der Waals surface area (Å²) >= 11 is 0. The number of carbonyl (C=O) groups excluding carboxylic acids is 1. The summed E-state index contributed by atoms with van der Waals surface area (Å²) in [6.45, 7) is 0. The summed E-state index contributed by atoms with van der Waals surface area (Å²) in [7, 11) is 4.19. The van der Waals surface area contributed by atoms with E-state index in [1.54, 1.807) is 0 Å². The molecule has 2 aliphatic rings. The summed E-state index contributed by atoms with van der Waals surface area (Å²) < 4.78 is 0. The molecule has 0 aromatic carbocycles. The van der Waals surface area contributed by atoms with Gasteiger partial charge in [-0.2, -0.15) is 0 Å². The molecule has 0 N–H and O–H groups in total. The standard InChI is InChI=1S/C14H25NO/c1-15(2)14(10-6-3-7-11-14)13(16)12-8-4-5-9-12/h12H,3-11H2,1-2H3. The third-order valence-corrected chi connectivity index (χ3v) is 4.72. The zero-order valence-electron chi connectivity index (χ0n) is 10.8. The minimum atomic E-state index is -0.104. The SMILES string of the molecule is CN(C)C1(C(=O)C2CCCC2)CCCCC1. The fourth-order valence-corrected chi connectivity index (χ4v) is 3.62. The monoisotopic (exact) mass is 223 g/mol. The van der Waals surface area contributed by atoms with Gasteiger partial charge >= 0.3 is 0 Å². The minimum absolute atomic E-state index is 0.104. The Morgan fingerprint density at radius 3 is 2.06 bits per heavy atom. The van der Waals surface area contributed by atoms with Gasteiger partial charge in [-0.25, -0.2) is 0 Å². The van der Waals surface area contributed by atoms with Gasteiger partial charge in [0.25, 0.3) is 0 Å². The van der Waals surface area contributed by atoms with Gasteiger partial charge < -0.3 is 0 Å². The van der Waals surface area contributed by atoms with Crippen molar-refractivity contribution < 1.29 is 4.79 Å². The Balaban J connectivity index is 2.14. The molecule has 2 rings (SSSR count). The lowest BCUT2D eigenvalue weighted by atomic mass is 9.73. The van der Waals surface area contributed by atoms with E-state index in [-0.39, 0.29) is 5.54 Å². The molecule has 2 heteroatoms. The Hall–Kier alpha value is -0.370. The zero-order valence-corrected chi connectivity index (χ0v) is 10.8. The number of likely N-dealkylation sites (N-methyl/N-ethyl adjacent to an activating group) is 1. The maximum atomic E-state index is 12.7. The van der Waals surface area contributed by atoms with E-state index in [2.05, 4.69) is 19.0 Å². The van der Waals surface area contributed by atoms with Crippen molar-refractivity contribution in [3.8, 4) is 0 Å². The molecule has 0 amide bonds. The quantitative estimate of drug-likeness (QED) is 0.733. The molecule has 16 heavy (non-hydrogen) atoms. The Labute approximate surface area is 99.4 Å². The Kier molecular flexibility index (Phi) is 3.68. The molecule has 0 bridgehead atoms. The van der Waals surface area contributed by atoms with Crippen molar-refractivity contribution in [2.24, 2.45) is 5.92 Å². The second-order valence-corrected chi connectivity index (χ2v) is 5.83. The minimum Gasteiger partial charge on any atom is -0.297 e. The average molecular weight is 223 g/mol. The molecular weight excluding hydrogens is 198 g/mol. The molecule has 0 aromatic rings. The van der Waals surface area contributed by atoms with Crippen LogP contribution < -0.4 is 0 Å². The van der Waals surface area contributed by atoms with E-state index < -0.39 is 0 Å². The smallest absolute Gasteiger partial charge is 0.156 e. The molecular formula is C14H25NO. The van der Waals surface area contributed by atoms with Gasteiger partial charge in [0.2, 0.25) is 0 Å². The highest BCUT2D eigenvalue weighted by Crippen LogP contribution is 2.38. The van der Waals surface area contributed by atoms with E-state index in [0.29, 0.717) is 11.7 Å². The first-order valence-electron chi connectivity index (χ1n) is 6.88. The molecule has 0 radical (unpaired) electrons. The molecule has 2 nitrogen and oxygen atoms in total. The highest BCUT2D eigenvalue weighted by Gasteiger charge is 2.44. The lowest BCUT2D eigenvalue weighted by Gasteiger charge is -2.43. The van der Waals surface area contributed by atoms with Crippen LogP contribution in [-0.4, -0.2) is 30.3 Å². The van der Waals surface area contributed by atoms with Crippen LogP contribution in [0.3, 0.4) is 0 Å². The largest absolute Gasteiger partial charge is 0.297 e. The van der Waals surface area contributed by atoms with Gasteiger partial charge in [0, 0.05) is 5.92 Å². The van der Waals surface area contributed by atoms with Crippen molar-refractivity contribution in [1.82, 2.24) is 4.90 Å². The van der Waals surface area contributed by atoms with Gasteiger partial charge in [-0.15, -0.1) is 0 Å². The molecule has 0 heterocycles. The lowest BCUT2D eigenvalue weighted by molar-refractivity contribution is -0.135. The van der Waals surface area contributed by atoms with Crippen LogP contribution in [0, 0.1) is 5.92 Å². The summed E-state index contributed by atoms with van der Waals surface area (Å²) in [4.78, 5) is 14.9. The van der Waals surface area contributed by atoms with Crippen molar-refractivity contribution >= 4 is 5.78 Å². The van der Waals surface area contributed by atoms with Crippen LogP contribution in [0.25, 0.3) is 0 Å². The second kappa shape index (κ2) is 4.87. The first-order valence-corrected chi connectivity index (χ1v) is 6.88. The number of ketones is 1. The lowest BCUT2D eigenvalue weighted by Crippen LogP contribution is -2.54. The van der Waals surface area contributed by atoms with E-state index in [4.69, 9.17) is 0 Å². The first kappa shape index (κ1) is 12.1. The number of hydrogen-bond acceptors (Lipinski definition) is 2. The summed E-state index contributed by atoms with van der Waals surface area (Å²) in [5.74, 6) is 0.940. The Morgan fingerprint density at radius 1 is 1.00 bits per heavy atom. The second-order valence-electron chi connectivity index (χ2n) is 5.83. The molecule has 2 aliphatic carbocycles. The van der Waals surface area contributed by atoms with E-state index in [9.17, 15) is 4.79 Å². The molecule has 0 spiro atoms. The third kappa shape index (κ3) is 2.04. The van der Waals surface area contributed by atoms with Crippen LogP contribution in [0.2, 0.25) is 0 Å². The van der Waals surface area contributed by atoms with Gasteiger partial charge in [0.05, 0.1) is 5.54 Å². The van der Waals surface area contributed by atoms with Crippen LogP contribution >= 0.6 is 0 Å². The maximum Gasteiger partial charge on any atom is 0.156 e. The predicted octanol–water partition coefficient (Wildman–Crippen LogP) is 3.01. The number of nitrogens with zero attached hydrogens (tertiary/aromatic N) is 1. The fraction of sp³-hybridized carbons (Fsp3) is 0.929. The Bertz CT molecular complexity index is 247. The van der Waals surface area contributed by atoms with Crippen LogP contribution in [-0.2, 0) is 4.79 Å². The van der Waals surface area contributed by atoms with E-state index in [0.717, 1.165) is 25.7 Å². The van der Waals surface area contributed by atoms with Crippen LogP contribution in [0.4, 0.5) is 0 Å². The van der Waals surface area contributed by atoms with E-state index in [1.165, 1.54) is 32.1 Å². The topological polar surface area (TPSA) is 20.3 Å². The van der Waals surface area contributed by atoms with E-state index in [1.807, 2.05) is 0 Å². The molecule has 0 saturated heterocycles. The number of carbonyl (C=O) groups is 1. The van der Waals surface area contributed by atoms with Crippen molar-refractivity contribution in [2.45, 2.75) is 63.3 Å². The Morgan fingerprint density at radius 2 is 1.56 bits per heavy atom. The number of Topliss-reactive ketones (excluding diaryl/α,β-unsaturated/α-hetero) is 1. The molecule has 0 unspecified atom stereocenters. The van der Waals surface area contributed by atoms with Crippen molar-refractivity contribution in [3.63, 3.8) is 0 Å². The summed E-state index contributed by atoms with van der Waals surface area (Å²) in [5, 5.41) is 0. The maximum absolute atomic E-state index is 12.7. The van der Waals surface area contributed by atoms with Crippen LogP contribution in [0.1, 0.15) is 57.8 Å². The number of rotatable bonds is 3. The van der Waals surface area contributed by atoms with Crippen molar-refractivity contribution in [2.75, 3.05) is 14.1 Å². The number of hydrogen-bond donors (Lipinski definition) is 0. The van der Waals surface area contributed by atoms with E-state index >= 15 is 0 Å². The van der Waals surface area contributed by atoms with Crippen LogP contribution in [0.5, 0.6) is 0 Å². The van der Waals surface area contributed by atoms with Crippen molar-refractivity contribution in [3.05, 3.63) is 0 Å².